The summed E-state index contributed by atoms with van der Waals surface area (Å²) >= 11 is 0. The minimum absolute atomic E-state index is 0.0357. The largest absolute Gasteiger partial charge is 0.508 e. The number of phenolic OH excluding ortho intramolecular Hbond substituents is 2. The first-order chi connectivity index (χ1) is 14.5. The van der Waals surface area contributed by atoms with Crippen molar-refractivity contribution in [1.82, 2.24) is 0 Å². The molecule has 6 nitrogen and oxygen atoms in total. The molecule has 1 aliphatic rings. The summed E-state index contributed by atoms with van der Waals surface area (Å²) in [5.74, 6) is 0.729. The van der Waals surface area contributed by atoms with Gasteiger partial charge in [-0.05, 0) is 37.5 Å². The molecule has 160 valence electrons. The minimum atomic E-state index is -0.504. The minimum Gasteiger partial charge on any atom is -0.508 e. The molecule has 0 amide bonds. The Hall–Kier alpha value is -3.15. The van der Waals surface area contributed by atoms with Crippen molar-refractivity contribution in [3.63, 3.8) is 0 Å². The highest BCUT2D eigenvalue weighted by molar-refractivity contribution is 6.05. The molecule has 0 spiro atoms. The third-order valence-corrected chi connectivity index (χ3v) is 4.99. The topological polar surface area (TPSA) is 85.2 Å². The molecule has 1 heterocycles. The molecule has 2 aromatic rings. The number of rotatable bonds is 9. The quantitative estimate of drug-likeness (QED) is 0.391. The van der Waals surface area contributed by atoms with Crippen LogP contribution in [0.3, 0.4) is 0 Å². The van der Waals surface area contributed by atoms with Crippen molar-refractivity contribution < 1.29 is 29.2 Å². The van der Waals surface area contributed by atoms with Crippen molar-refractivity contribution in [3.05, 3.63) is 47.0 Å². The second-order valence-electron chi connectivity index (χ2n) is 7.31. The highest BCUT2D eigenvalue weighted by atomic mass is 16.5. The fourth-order valence-corrected chi connectivity index (χ4v) is 3.46. The maximum absolute atomic E-state index is 12.6. The van der Waals surface area contributed by atoms with Crippen molar-refractivity contribution in [2.75, 3.05) is 7.11 Å². The molecule has 0 aromatic heterocycles. The Kier molecular flexibility index (Phi) is 6.87. The molecule has 0 radical (unpaired) electrons. The van der Waals surface area contributed by atoms with Crippen LogP contribution in [0, 0.1) is 0 Å². The molecule has 2 aromatic carbocycles. The number of carbonyl (C=O) groups is 1. The zero-order valence-electron chi connectivity index (χ0n) is 17.7. The van der Waals surface area contributed by atoms with Crippen molar-refractivity contribution in [2.45, 2.75) is 52.4 Å². The van der Waals surface area contributed by atoms with E-state index in [1.54, 1.807) is 18.2 Å². The first kappa shape index (κ1) is 21.6. The van der Waals surface area contributed by atoms with Crippen LogP contribution in [0.4, 0.5) is 0 Å². The number of aryl methyl sites for hydroxylation is 1. The average molecular weight is 412 g/mol. The van der Waals surface area contributed by atoms with Gasteiger partial charge in [-0.15, -0.1) is 0 Å². The third kappa shape index (κ3) is 4.53. The van der Waals surface area contributed by atoms with Gasteiger partial charge >= 0.3 is 5.97 Å². The standard InChI is InChI=1S/C24H28O6/c1-4-6-8-9-15-11-16(25)12-19(26)23(15)29-21-14-17(28-3)13-18-20(10-7-5-2)30-24(27)22(18)21/h10-14,25-26H,4-9H2,1-3H3/b20-10-. The van der Waals surface area contributed by atoms with E-state index in [1.807, 2.05) is 13.0 Å². The predicted molar refractivity (Wildman–Crippen MR) is 114 cm³/mol. The van der Waals surface area contributed by atoms with Crippen LogP contribution in [0.25, 0.3) is 5.76 Å². The number of benzene rings is 2. The summed E-state index contributed by atoms with van der Waals surface area (Å²) in [6.45, 7) is 4.15. The van der Waals surface area contributed by atoms with E-state index in [2.05, 4.69) is 6.92 Å². The van der Waals surface area contributed by atoms with E-state index in [0.717, 1.165) is 32.1 Å². The molecule has 0 saturated carbocycles. The fourth-order valence-electron chi connectivity index (χ4n) is 3.46. The Morgan fingerprint density at radius 1 is 1.07 bits per heavy atom. The van der Waals surface area contributed by atoms with Crippen molar-refractivity contribution >= 4 is 11.7 Å². The maximum Gasteiger partial charge on any atom is 0.348 e. The van der Waals surface area contributed by atoms with Gasteiger partial charge in [0, 0.05) is 23.3 Å². The first-order valence-electron chi connectivity index (χ1n) is 10.4. The van der Waals surface area contributed by atoms with Crippen LogP contribution in [-0.2, 0) is 11.2 Å². The summed E-state index contributed by atoms with van der Waals surface area (Å²) in [6.07, 6.45) is 7.15. The molecule has 3 rings (SSSR count). The number of phenols is 2. The lowest BCUT2D eigenvalue weighted by Crippen LogP contribution is -2.01. The molecule has 30 heavy (non-hydrogen) atoms. The van der Waals surface area contributed by atoms with Crippen LogP contribution in [0.2, 0.25) is 0 Å². The first-order valence-corrected chi connectivity index (χ1v) is 10.4. The molecule has 1 aliphatic heterocycles. The van der Waals surface area contributed by atoms with E-state index < -0.39 is 5.97 Å². The van der Waals surface area contributed by atoms with Gasteiger partial charge < -0.3 is 24.4 Å². The fraction of sp³-hybridized carbons (Fsp3) is 0.375. The van der Waals surface area contributed by atoms with Crippen molar-refractivity contribution in [3.8, 4) is 28.7 Å². The number of unbranched alkanes of at least 4 members (excludes halogenated alkanes) is 3. The van der Waals surface area contributed by atoms with Gasteiger partial charge in [0.1, 0.15) is 28.6 Å². The Morgan fingerprint density at radius 3 is 2.57 bits per heavy atom. The molecule has 0 atom stereocenters. The zero-order valence-corrected chi connectivity index (χ0v) is 17.7. The molecule has 0 aliphatic carbocycles. The summed E-state index contributed by atoms with van der Waals surface area (Å²) in [7, 11) is 1.53. The van der Waals surface area contributed by atoms with Gasteiger partial charge in [-0.3, -0.25) is 0 Å². The number of ether oxygens (including phenoxy) is 3. The SMILES string of the molecule is CCC/C=C1\OC(=O)c2c(Oc3c(O)cc(O)cc3CCCCC)cc(OC)cc21. The van der Waals surface area contributed by atoms with Gasteiger partial charge in [0.2, 0.25) is 0 Å². The number of methoxy groups -OCH3 is 1. The summed E-state index contributed by atoms with van der Waals surface area (Å²) in [5.41, 5.74) is 1.57. The molecule has 6 heteroatoms. The molecule has 0 fully saturated rings. The maximum atomic E-state index is 12.6. The summed E-state index contributed by atoms with van der Waals surface area (Å²) in [4.78, 5) is 12.6. The number of hydrogen-bond acceptors (Lipinski definition) is 6. The van der Waals surface area contributed by atoms with Crippen LogP contribution in [0.15, 0.2) is 30.3 Å². The Bertz CT molecular complexity index is 961. The number of esters is 1. The second-order valence-corrected chi connectivity index (χ2v) is 7.31. The molecular formula is C24H28O6. The number of allylic oxidation sites excluding steroid dienone is 1. The second kappa shape index (κ2) is 9.57. The Labute approximate surface area is 176 Å². The molecule has 0 bridgehead atoms. The van der Waals surface area contributed by atoms with E-state index in [9.17, 15) is 15.0 Å². The van der Waals surface area contributed by atoms with Crippen LogP contribution >= 0.6 is 0 Å². The van der Waals surface area contributed by atoms with E-state index in [1.165, 1.54) is 13.2 Å². The number of aromatic hydroxyl groups is 2. The van der Waals surface area contributed by atoms with Crippen molar-refractivity contribution in [1.29, 1.82) is 0 Å². The predicted octanol–water partition coefficient (Wildman–Crippen LogP) is 5.94. The van der Waals surface area contributed by atoms with Crippen LogP contribution in [-0.4, -0.2) is 23.3 Å². The number of hydrogen-bond donors (Lipinski definition) is 2. The molecule has 0 saturated heterocycles. The third-order valence-electron chi connectivity index (χ3n) is 4.99. The Morgan fingerprint density at radius 2 is 1.87 bits per heavy atom. The van der Waals surface area contributed by atoms with Gasteiger partial charge in [0.25, 0.3) is 0 Å². The summed E-state index contributed by atoms with van der Waals surface area (Å²) in [6, 6.07) is 6.15. The number of fused-ring (bicyclic) bond motifs is 1. The van der Waals surface area contributed by atoms with Gasteiger partial charge in [0.15, 0.2) is 11.5 Å². The van der Waals surface area contributed by atoms with E-state index >= 15 is 0 Å². The van der Waals surface area contributed by atoms with E-state index in [0.29, 0.717) is 34.6 Å². The monoisotopic (exact) mass is 412 g/mol. The zero-order chi connectivity index (χ0) is 21.7. The van der Waals surface area contributed by atoms with Gasteiger partial charge in [-0.25, -0.2) is 4.79 Å². The molecule has 0 unspecified atom stereocenters. The average Bonchev–Trinajstić information content (AvgIpc) is 3.04. The molecule has 2 N–H and O–H groups in total. The normalized spacial score (nSPS) is 14.0. The van der Waals surface area contributed by atoms with E-state index in [-0.39, 0.29) is 23.0 Å². The number of cyclic esters (lactones) is 1. The van der Waals surface area contributed by atoms with Crippen molar-refractivity contribution in [2.24, 2.45) is 0 Å². The number of carbonyl (C=O) groups excluding carboxylic acids is 1. The lowest BCUT2D eigenvalue weighted by molar-refractivity contribution is 0.0713. The van der Waals surface area contributed by atoms with E-state index in [4.69, 9.17) is 14.2 Å². The van der Waals surface area contributed by atoms with Crippen LogP contribution < -0.4 is 9.47 Å². The smallest absolute Gasteiger partial charge is 0.348 e. The Balaban J connectivity index is 2.06. The highest BCUT2D eigenvalue weighted by Crippen LogP contribution is 2.44. The van der Waals surface area contributed by atoms with Gasteiger partial charge in [-0.2, -0.15) is 0 Å². The highest BCUT2D eigenvalue weighted by Gasteiger charge is 2.32. The lowest BCUT2D eigenvalue weighted by Gasteiger charge is -2.15. The summed E-state index contributed by atoms with van der Waals surface area (Å²) < 4.78 is 16.9. The van der Waals surface area contributed by atoms with Gasteiger partial charge in [0.05, 0.1) is 7.11 Å². The van der Waals surface area contributed by atoms with Crippen LogP contribution in [0.5, 0.6) is 28.7 Å². The molecular weight excluding hydrogens is 384 g/mol. The summed E-state index contributed by atoms with van der Waals surface area (Å²) in [5, 5.41) is 20.4. The van der Waals surface area contributed by atoms with Crippen LogP contribution in [0.1, 0.15) is 67.4 Å². The van der Waals surface area contributed by atoms with Gasteiger partial charge in [-0.1, -0.05) is 33.1 Å². The lowest BCUT2D eigenvalue weighted by atomic mass is 10.0.